The predicted octanol–water partition coefficient (Wildman–Crippen LogP) is 4.45. The van der Waals surface area contributed by atoms with Gasteiger partial charge in [-0.3, -0.25) is 9.79 Å². The lowest BCUT2D eigenvalue weighted by Crippen LogP contribution is -2.38. The van der Waals surface area contributed by atoms with Gasteiger partial charge in [0, 0.05) is 17.5 Å². The molecule has 1 fully saturated rings. The lowest BCUT2D eigenvalue weighted by atomic mass is 9.90. The Kier molecular flexibility index (Phi) is 4.35. The minimum Gasteiger partial charge on any atom is -0.326 e. The highest BCUT2D eigenvalue weighted by Crippen LogP contribution is 2.44. The molecule has 126 valence electrons. The lowest BCUT2D eigenvalue weighted by molar-refractivity contribution is -0.116. The highest BCUT2D eigenvalue weighted by Gasteiger charge is 2.41. The lowest BCUT2D eigenvalue weighted by Gasteiger charge is -2.32. The zero-order valence-electron chi connectivity index (χ0n) is 14.0. The van der Waals surface area contributed by atoms with Crippen LogP contribution in [0.15, 0.2) is 34.7 Å². The van der Waals surface area contributed by atoms with Crippen LogP contribution < -0.4 is 5.32 Å². The molecule has 1 aromatic rings. The van der Waals surface area contributed by atoms with Crippen molar-refractivity contribution in [2.24, 2.45) is 4.99 Å². The summed E-state index contributed by atoms with van der Waals surface area (Å²) in [6, 6.07) is 9.23. The fourth-order valence-corrected chi connectivity index (χ4v) is 4.82. The van der Waals surface area contributed by atoms with Gasteiger partial charge in [-0.2, -0.15) is 0 Å². The Labute approximate surface area is 147 Å². The fourth-order valence-electron chi connectivity index (χ4n) is 3.81. The molecule has 3 aliphatic rings. The summed E-state index contributed by atoms with van der Waals surface area (Å²) in [5.41, 5.74) is 3.33. The smallest absolute Gasteiger partial charge is 0.224 e. The molecule has 4 rings (SSSR count). The maximum Gasteiger partial charge on any atom is 0.224 e. The first kappa shape index (κ1) is 15.8. The van der Waals surface area contributed by atoms with Gasteiger partial charge in [-0.05, 0) is 37.0 Å². The quantitative estimate of drug-likeness (QED) is 0.880. The van der Waals surface area contributed by atoms with Crippen LogP contribution >= 0.6 is 11.8 Å². The Morgan fingerprint density at radius 1 is 1.29 bits per heavy atom. The highest BCUT2D eigenvalue weighted by atomic mass is 32.2. The van der Waals surface area contributed by atoms with E-state index < -0.39 is 0 Å². The average molecular weight is 341 g/mol. The van der Waals surface area contributed by atoms with Crippen molar-refractivity contribution in [2.45, 2.75) is 57.5 Å². The Hall–Kier alpha value is -1.75. The van der Waals surface area contributed by atoms with Crippen molar-refractivity contribution in [3.05, 3.63) is 35.2 Å². The number of aliphatic imine (C=N–C) groups is 1. The second kappa shape index (κ2) is 6.63. The molecule has 1 aromatic carbocycles. The van der Waals surface area contributed by atoms with Gasteiger partial charge in [-0.1, -0.05) is 43.7 Å². The standard InChI is InChI=1S/C19H23N3OS/c1-2-5-18(23)20-14-10-8-13(9-11-14)17-12-24-19-21-15-6-3-4-7-16(15)22(17)19/h8-12,15-16H,2-7H2,1H3,(H,20,23)/t15-,16+/m0/s1. The van der Waals surface area contributed by atoms with Crippen LogP contribution in [-0.4, -0.2) is 28.1 Å². The van der Waals surface area contributed by atoms with Gasteiger partial charge in [0.1, 0.15) is 0 Å². The first-order valence-corrected chi connectivity index (χ1v) is 9.78. The number of hydrogen-bond acceptors (Lipinski definition) is 4. The molecule has 0 unspecified atom stereocenters. The molecule has 0 bridgehead atoms. The van der Waals surface area contributed by atoms with Crippen molar-refractivity contribution < 1.29 is 4.79 Å². The van der Waals surface area contributed by atoms with E-state index >= 15 is 0 Å². The minimum absolute atomic E-state index is 0.0832. The van der Waals surface area contributed by atoms with Gasteiger partial charge >= 0.3 is 0 Å². The van der Waals surface area contributed by atoms with E-state index in [9.17, 15) is 4.79 Å². The van der Waals surface area contributed by atoms with Crippen LogP contribution in [0, 0.1) is 0 Å². The Morgan fingerprint density at radius 3 is 2.88 bits per heavy atom. The minimum atomic E-state index is 0.0832. The van der Waals surface area contributed by atoms with Gasteiger partial charge in [0.25, 0.3) is 0 Å². The van der Waals surface area contributed by atoms with E-state index in [1.165, 1.54) is 42.1 Å². The number of carbonyl (C=O) groups excluding carboxylic acids is 1. The summed E-state index contributed by atoms with van der Waals surface area (Å²) in [5.74, 6) is 0.0832. The van der Waals surface area contributed by atoms with Crippen LogP contribution in [0.25, 0.3) is 5.70 Å². The van der Waals surface area contributed by atoms with E-state index in [0.717, 1.165) is 12.1 Å². The summed E-state index contributed by atoms with van der Waals surface area (Å²) in [6.07, 6.45) is 6.51. The monoisotopic (exact) mass is 341 g/mol. The van der Waals surface area contributed by atoms with Crippen molar-refractivity contribution in [3.63, 3.8) is 0 Å². The molecule has 1 saturated carbocycles. The number of amides is 1. The average Bonchev–Trinajstić information content (AvgIpc) is 3.15. The number of anilines is 1. The summed E-state index contributed by atoms with van der Waals surface area (Å²) < 4.78 is 0. The fraction of sp³-hybridized carbons (Fsp3) is 0.474. The largest absolute Gasteiger partial charge is 0.326 e. The highest BCUT2D eigenvalue weighted by molar-refractivity contribution is 8.16. The summed E-state index contributed by atoms with van der Waals surface area (Å²) in [5, 5.41) is 6.34. The molecule has 5 heteroatoms. The molecule has 4 nitrogen and oxygen atoms in total. The van der Waals surface area contributed by atoms with E-state index in [2.05, 4.69) is 27.8 Å². The summed E-state index contributed by atoms with van der Waals surface area (Å²) in [4.78, 5) is 19.1. The summed E-state index contributed by atoms with van der Waals surface area (Å²) in [6.45, 7) is 2.01. The van der Waals surface area contributed by atoms with Crippen LogP contribution in [0.5, 0.6) is 0 Å². The molecule has 1 amide bonds. The summed E-state index contributed by atoms with van der Waals surface area (Å²) >= 11 is 1.75. The molecule has 24 heavy (non-hydrogen) atoms. The summed E-state index contributed by atoms with van der Waals surface area (Å²) in [7, 11) is 0. The molecular formula is C19H23N3OS. The third-order valence-electron chi connectivity index (χ3n) is 4.98. The topological polar surface area (TPSA) is 44.7 Å². The molecule has 1 N–H and O–H groups in total. The molecule has 2 aliphatic heterocycles. The zero-order chi connectivity index (χ0) is 16.5. The number of carbonyl (C=O) groups is 1. The van der Waals surface area contributed by atoms with Crippen molar-refractivity contribution in [1.29, 1.82) is 0 Å². The Bertz CT molecular complexity index is 695. The molecule has 1 aliphatic carbocycles. The van der Waals surface area contributed by atoms with Gasteiger partial charge in [0.05, 0.1) is 17.8 Å². The van der Waals surface area contributed by atoms with Crippen molar-refractivity contribution in [2.75, 3.05) is 5.32 Å². The van der Waals surface area contributed by atoms with Gasteiger partial charge in [-0.15, -0.1) is 0 Å². The van der Waals surface area contributed by atoms with Crippen LogP contribution in [0.4, 0.5) is 5.69 Å². The number of nitrogens with zero attached hydrogens (tertiary/aromatic N) is 2. The Morgan fingerprint density at radius 2 is 2.08 bits per heavy atom. The third kappa shape index (κ3) is 2.86. The number of thioether (sulfide) groups is 1. The van der Waals surface area contributed by atoms with Crippen LogP contribution in [-0.2, 0) is 4.79 Å². The molecule has 2 heterocycles. The maximum atomic E-state index is 11.7. The molecular weight excluding hydrogens is 318 g/mol. The molecule has 0 saturated heterocycles. The number of rotatable bonds is 4. The van der Waals surface area contributed by atoms with Crippen molar-refractivity contribution in [1.82, 2.24) is 4.90 Å². The van der Waals surface area contributed by atoms with Crippen molar-refractivity contribution >= 4 is 34.2 Å². The van der Waals surface area contributed by atoms with Gasteiger partial charge in [0.15, 0.2) is 5.17 Å². The van der Waals surface area contributed by atoms with Crippen LogP contribution in [0.2, 0.25) is 0 Å². The molecule has 0 radical (unpaired) electrons. The van der Waals surface area contributed by atoms with Crippen LogP contribution in [0.1, 0.15) is 51.0 Å². The Balaban J connectivity index is 1.50. The number of hydrogen-bond donors (Lipinski definition) is 1. The SMILES string of the molecule is CCCC(=O)Nc1ccc(C2=CSC3=N[C@H]4CCCC[C@H]4N23)cc1. The van der Waals surface area contributed by atoms with E-state index in [4.69, 9.17) is 4.99 Å². The normalized spacial score (nSPS) is 25.0. The van der Waals surface area contributed by atoms with Crippen LogP contribution in [0.3, 0.4) is 0 Å². The van der Waals surface area contributed by atoms with Gasteiger partial charge in [0.2, 0.25) is 5.91 Å². The van der Waals surface area contributed by atoms with Gasteiger partial charge < -0.3 is 10.2 Å². The van der Waals surface area contributed by atoms with E-state index in [1.54, 1.807) is 11.8 Å². The first-order valence-electron chi connectivity index (χ1n) is 8.90. The van der Waals surface area contributed by atoms with E-state index in [1.807, 2.05) is 19.1 Å². The molecule has 0 aromatic heterocycles. The number of fused-ring (bicyclic) bond motifs is 3. The molecule has 2 atom stereocenters. The van der Waals surface area contributed by atoms with E-state index in [-0.39, 0.29) is 5.91 Å². The second-order valence-electron chi connectivity index (χ2n) is 6.70. The number of benzene rings is 1. The van der Waals surface area contributed by atoms with Gasteiger partial charge in [-0.25, -0.2) is 0 Å². The number of amidine groups is 1. The first-order chi connectivity index (χ1) is 11.8. The predicted molar refractivity (Wildman–Crippen MR) is 101 cm³/mol. The third-order valence-corrected chi connectivity index (χ3v) is 5.84. The molecule has 0 spiro atoms. The van der Waals surface area contributed by atoms with Crippen molar-refractivity contribution in [3.8, 4) is 0 Å². The number of nitrogens with one attached hydrogen (secondary N) is 1. The van der Waals surface area contributed by atoms with E-state index in [0.29, 0.717) is 18.5 Å². The zero-order valence-corrected chi connectivity index (χ0v) is 14.8. The second-order valence-corrected chi connectivity index (χ2v) is 7.53. The maximum absolute atomic E-state index is 11.7.